The van der Waals surface area contributed by atoms with E-state index in [4.69, 9.17) is 11.6 Å². The largest absolute Gasteiger partial charge is 0.298 e. The summed E-state index contributed by atoms with van der Waals surface area (Å²) in [5.74, 6) is 0.545. The Labute approximate surface area is 179 Å². The lowest BCUT2D eigenvalue weighted by atomic mass is 10.2. The Morgan fingerprint density at radius 2 is 1.93 bits per heavy atom. The summed E-state index contributed by atoms with van der Waals surface area (Å²) in [6.45, 7) is 0. The minimum absolute atomic E-state index is 0.179. The van der Waals surface area contributed by atoms with Crippen molar-refractivity contribution in [3.63, 3.8) is 0 Å². The highest BCUT2D eigenvalue weighted by Gasteiger charge is 2.15. The molecule has 0 aliphatic heterocycles. The van der Waals surface area contributed by atoms with Crippen molar-refractivity contribution in [1.82, 2.24) is 9.97 Å². The van der Waals surface area contributed by atoms with Gasteiger partial charge in [0, 0.05) is 32.0 Å². The van der Waals surface area contributed by atoms with Crippen molar-refractivity contribution in [1.29, 1.82) is 0 Å². The normalized spacial score (nSPS) is 10.8. The Kier molecular flexibility index (Phi) is 6.07. The maximum atomic E-state index is 12.8. The zero-order valence-electron chi connectivity index (χ0n) is 14.5. The summed E-state index contributed by atoms with van der Waals surface area (Å²) in [5.41, 5.74) is 5.04. The number of benzene rings is 2. The molecule has 0 bridgehead atoms. The van der Waals surface area contributed by atoms with Crippen LogP contribution in [0, 0.1) is 0 Å². The van der Waals surface area contributed by atoms with Gasteiger partial charge in [-0.1, -0.05) is 41.9 Å². The number of amides is 1. The molecule has 0 spiro atoms. The maximum absolute atomic E-state index is 12.8. The highest BCUT2D eigenvalue weighted by molar-refractivity contribution is 7.98. The summed E-state index contributed by atoms with van der Waals surface area (Å²) in [7, 11) is 0. The van der Waals surface area contributed by atoms with Crippen LogP contribution in [-0.4, -0.2) is 15.9 Å². The van der Waals surface area contributed by atoms with Gasteiger partial charge in [-0.3, -0.25) is 10.1 Å². The predicted molar refractivity (Wildman–Crippen MR) is 119 cm³/mol. The number of anilines is 1. The number of hydrogen-bond acceptors (Lipinski definition) is 6. The molecule has 8 heteroatoms. The molecule has 4 rings (SSSR count). The summed E-state index contributed by atoms with van der Waals surface area (Å²) < 4.78 is 0. The second kappa shape index (κ2) is 8.87. The summed E-state index contributed by atoms with van der Waals surface area (Å²) in [6, 6.07) is 15.1. The van der Waals surface area contributed by atoms with Crippen LogP contribution in [0.2, 0.25) is 5.02 Å². The Morgan fingerprint density at radius 3 is 2.75 bits per heavy atom. The van der Waals surface area contributed by atoms with E-state index in [0.29, 0.717) is 15.7 Å². The first-order valence-corrected chi connectivity index (χ1v) is 11.5. The number of carbonyl (C=O) groups is 1. The van der Waals surface area contributed by atoms with Crippen molar-refractivity contribution >= 4 is 57.1 Å². The molecule has 2 heterocycles. The molecule has 0 unspecified atom stereocenters. The van der Waals surface area contributed by atoms with Gasteiger partial charge < -0.3 is 0 Å². The van der Waals surface area contributed by atoms with E-state index in [1.165, 1.54) is 11.3 Å². The molecule has 1 amide bonds. The molecule has 2 aromatic heterocycles. The quantitative estimate of drug-likeness (QED) is 0.347. The topological polar surface area (TPSA) is 54.9 Å². The van der Waals surface area contributed by atoms with Crippen LogP contribution in [0.5, 0.6) is 0 Å². The Bertz CT molecular complexity index is 1100. The molecule has 0 aliphatic rings. The number of carbonyl (C=O) groups excluding carboxylic acids is 1. The molecular formula is C20H14ClN3OS3. The highest BCUT2D eigenvalue weighted by Crippen LogP contribution is 2.31. The monoisotopic (exact) mass is 443 g/mol. The van der Waals surface area contributed by atoms with Gasteiger partial charge in [0.15, 0.2) is 5.13 Å². The molecule has 0 radical (unpaired) electrons. The number of hydrogen-bond donors (Lipinski definition) is 1. The first kappa shape index (κ1) is 19.1. The van der Waals surface area contributed by atoms with E-state index in [9.17, 15) is 4.79 Å². The van der Waals surface area contributed by atoms with Crippen LogP contribution in [0.3, 0.4) is 0 Å². The molecule has 0 aliphatic carbocycles. The average molecular weight is 444 g/mol. The third kappa shape index (κ3) is 4.44. The molecule has 4 nitrogen and oxygen atoms in total. The second-order valence-electron chi connectivity index (χ2n) is 5.74. The van der Waals surface area contributed by atoms with E-state index in [1.54, 1.807) is 23.1 Å². The lowest BCUT2D eigenvalue weighted by Crippen LogP contribution is -2.12. The van der Waals surface area contributed by atoms with Crippen LogP contribution < -0.4 is 5.32 Å². The summed E-state index contributed by atoms with van der Waals surface area (Å²) in [5, 5.41) is 7.98. The predicted octanol–water partition coefficient (Wildman–Crippen LogP) is 6.46. The first-order chi connectivity index (χ1) is 13.7. The Balaban J connectivity index is 1.49. The highest BCUT2D eigenvalue weighted by atomic mass is 35.5. The molecule has 2 aromatic carbocycles. The van der Waals surface area contributed by atoms with Gasteiger partial charge in [-0.2, -0.15) is 0 Å². The molecule has 1 N–H and O–H groups in total. The van der Waals surface area contributed by atoms with E-state index in [-0.39, 0.29) is 5.91 Å². The van der Waals surface area contributed by atoms with Gasteiger partial charge in [0.25, 0.3) is 5.91 Å². The maximum Gasteiger partial charge on any atom is 0.258 e. The second-order valence-corrected chi connectivity index (χ2v) is 8.74. The Morgan fingerprint density at radius 1 is 1.11 bits per heavy atom. The van der Waals surface area contributed by atoms with Gasteiger partial charge in [-0.05, 0) is 18.2 Å². The van der Waals surface area contributed by atoms with Crippen LogP contribution in [0.4, 0.5) is 5.13 Å². The fourth-order valence-electron chi connectivity index (χ4n) is 2.53. The van der Waals surface area contributed by atoms with Crippen LogP contribution in [0.15, 0.2) is 69.7 Å². The molecule has 0 saturated carbocycles. The first-order valence-electron chi connectivity index (χ1n) is 8.31. The van der Waals surface area contributed by atoms with Crippen LogP contribution >= 0.6 is 46.0 Å². The van der Waals surface area contributed by atoms with Crippen molar-refractivity contribution in [3.05, 3.63) is 81.1 Å². The van der Waals surface area contributed by atoms with E-state index in [1.807, 2.05) is 64.8 Å². The molecule has 4 aromatic rings. The summed E-state index contributed by atoms with van der Waals surface area (Å²) >= 11 is 10.8. The standard InChI is InChI=1S/C20H14ClN3OS3/c21-16-7-3-1-5-14(16)17-11-28-20(23-17)24-19(25)15-6-2-4-8-18(15)27-10-13-9-26-12-22-13/h1-9,11-12H,10H2,(H,23,24,25). The van der Waals surface area contributed by atoms with Crippen LogP contribution in [-0.2, 0) is 5.75 Å². The molecule has 140 valence electrons. The SMILES string of the molecule is O=C(Nc1nc(-c2ccccc2Cl)cs1)c1ccccc1SCc1cscn1. The third-order valence-electron chi connectivity index (χ3n) is 3.87. The van der Waals surface area contributed by atoms with Crippen molar-refractivity contribution in [3.8, 4) is 11.3 Å². The molecule has 0 saturated heterocycles. The van der Waals surface area contributed by atoms with Crippen LogP contribution in [0.1, 0.15) is 16.1 Å². The minimum atomic E-state index is -0.179. The number of nitrogens with zero attached hydrogens (tertiary/aromatic N) is 2. The van der Waals surface area contributed by atoms with E-state index in [2.05, 4.69) is 15.3 Å². The zero-order chi connectivity index (χ0) is 19.3. The number of nitrogens with one attached hydrogen (secondary N) is 1. The summed E-state index contributed by atoms with van der Waals surface area (Å²) in [4.78, 5) is 22.5. The van der Waals surface area contributed by atoms with Gasteiger partial charge in [0.05, 0.1) is 22.5 Å². The van der Waals surface area contributed by atoms with E-state index in [0.717, 1.165) is 27.6 Å². The third-order valence-corrected chi connectivity index (χ3v) is 6.69. The van der Waals surface area contributed by atoms with Gasteiger partial charge in [-0.25, -0.2) is 9.97 Å². The van der Waals surface area contributed by atoms with Crippen molar-refractivity contribution in [2.75, 3.05) is 5.32 Å². The van der Waals surface area contributed by atoms with Crippen molar-refractivity contribution in [2.24, 2.45) is 0 Å². The van der Waals surface area contributed by atoms with Gasteiger partial charge in [-0.15, -0.1) is 34.4 Å². The average Bonchev–Trinajstić information content (AvgIpc) is 3.39. The number of aromatic nitrogens is 2. The smallest absolute Gasteiger partial charge is 0.258 e. The molecule has 0 atom stereocenters. The molecule has 28 heavy (non-hydrogen) atoms. The van der Waals surface area contributed by atoms with Crippen molar-refractivity contribution in [2.45, 2.75) is 10.6 Å². The summed E-state index contributed by atoms with van der Waals surface area (Å²) in [6.07, 6.45) is 0. The zero-order valence-corrected chi connectivity index (χ0v) is 17.7. The fraction of sp³-hybridized carbons (Fsp3) is 0.0500. The van der Waals surface area contributed by atoms with E-state index >= 15 is 0 Å². The van der Waals surface area contributed by atoms with Gasteiger partial charge in [0.1, 0.15) is 0 Å². The van der Waals surface area contributed by atoms with Gasteiger partial charge in [0.2, 0.25) is 0 Å². The van der Waals surface area contributed by atoms with Gasteiger partial charge >= 0.3 is 0 Å². The fourth-order valence-corrected chi connectivity index (χ4v) is 5.08. The Hall–Kier alpha value is -2.19. The number of halogens is 1. The minimum Gasteiger partial charge on any atom is -0.298 e. The molecule has 0 fully saturated rings. The number of thiazole rings is 2. The molecular weight excluding hydrogens is 430 g/mol. The van der Waals surface area contributed by atoms with Crippen molar-refractivity contribution < 1.29 is 4.79 Å². The van der Waals surface area contributed by atoms with Crippen LogP contribution in [0.25, 0.3) is 11.3 Å². The van der Waals surface area contributed by atoms with E-state index < -0.39 is 0 Å². The number of thioether (sulfide) groups is 1. The number of rotatable bonds is 6. The lowest BCUT2D eigenvalue weighted by molar-refractivity contribution is 0.102. The lowest BCUT2D eigenvalue weighted by Gasteiger charge is -2.08.